The molecule has 2 amide bonds. The van der Waals surface area contributed by atoms with Crippen LogP contribution in [0.3, 0.4) is 0 Å². The minimum absolute atomic E-state index is 0.123. The summed E-state index contributed by atoms with van der Waals surface area (Å²) in [5.41, 5.74) is 17.6. The number of rotatable bonds is 14. The van der Waals surface area contributed by atoms with E-state index in [4.69, 9.17) is 21.6 Å². The Hall–Kier alpha value is -5.20. The van der Waals surface area contributed by atoms with Gasteiger partial charge in [-0.1, -0.05) is 84.9 Å². The van der Waals surface area contributed by atoms with Gasteiger partial charge in [-0.05, 0) is 105 Å². The summed E-state index contributed by atoms with van der Waals surface area (Å²) in [5.74, 6) is -1.32. The summed E-state index contributed by atoms with van der Waals surface area (Å²) in [4.78, 5) is 29.6. The number of carbonyl (C=O) groups is 2. The van der Waals surface area contributed by atoms with E-state index in [2.05, 4.69) is 10.0 Å². The summed E-state index contributed by atoms with van der Waals surface area (Å²) < 4.78 is 36.1. The summed E-state index contributed by atoms with van der Waals surface area (Å²) in [5, 5.41) is 11.3. The maximum Gasteiger partial charge on any atom is 0.264 e. The van der Waals surface area contributed by atoms with Crippen molar-refractivity contribution < 1.29 is 22.7 Å². The van der Waals surface area contributed by atoms with Crippen LogP contribution in [0.5, 0.6) is 5.75 Å². The van der Waals surface area contributed by atoms with Crippen LogP contribution >= 0.6 is 0 Å². The molecule has 1 aliphatic rings. The number of nitrogens with zero attached hydrogens (tertiary/aromatic N) is 1. The number of amides is 2. The summed E-state index contributed by atoms with van der Waals surface area (Å²) in [6.45, 7) is 10.1. The van der Waals surface area contributed by atoms with Gasteiger partial charge in [-0.25, -0.2) is 13.1 Å². The zero-order chi connectivity index (χ0) is 39.2. The summed E-state index contributed by atoms with van der Waals surface area (Å²) in [6.07, 6.45) is 1.91. The monoisotopic (exact) mass is 752 g/mol. The minimum Gasteiger partial charge on any atom is -0.487 e. The third kappa shape index (κ3) is 9.11. The first-order valence-electron chi connectivity index (χ1n) is 18.3. The largest absolute Gasteiger partial charge is 0.487 e. The molecule has 0 radical (unpaired) electrons. The molecule has 286 valence electrons. The van der Waals surface area contributed by atoms with Gasteiger partial charge in [0.05, 0.1) is 10.8 Å². The van der Waals surface area contributed by atoms with Crippen molar-refractivity contribution in [2.24, 2.45) is 11.5 Å². The molecule has 1 aliphatic heterocycles. The van der Waals surface area contributed by atoms with Gasteiger partial charge < -0.3 is 26.4 Å². The van der Waals surface area contributed by atoms with Crippen LogP contribution in [0.25, 0.3) is 0 Å². The molecule has 0 fully saturated rings. The Kier molecular flexibility index (Phi) is 12.5. The van der Waals surface area contributed by atoms with Crippen molar-refractivity contribution in [3.8, 4) is 5.75 Å². The molecule has 4 aromatic carbocycles. The summed E-state index contributed by atoms with van der Waals surface area (Å²) in [7, 11) is -4.13. The quantitative estimate of drug-likeness (QED) is 0.0643. The Labute approximate surface area is 319 Å². The van der Waals surface area contributed by atoms with Crippen molar-refractivity contribution in [2.75, 3.05) is 6.54 Å². The van der Waals surface area contributed by atoms with Crippen LogP contribution in [-0.4, -0.2) is 49.3 Å². The topological polar surface area (TPSA) is 181 Å². The molecular weight excluding hydrogens is 701 g/mol. The van der Waals surface area contributed by atoms with Gasteiger partial charge in [0.15, 0.2) is 0 Å². The Bertz CT molecular complexity index is 2050. The molecule has 54 heavy (non-hydrogen) atoms. The lowest BCUT2D eigenvalue weighted by Gasteiger charge is -2.35. The molecule has 0 bridgehead atoms. The molecule has 0 unspecified atom stereocenters. The number of fused-ring (bicyclic) bond motifs is 1. The Morgan fingerprint density at radius 2 is 1.46 bits per heavy atom. The SMILES string of the molecule is Cc1c(C)c(S(=O)(=O)NC(=N)NCCC[C@H](C(N)=O)N(Cc2ccc(CN)cc2)C(=O)C(c2ccccc2)c2ccccc2)c(C)c2c1OC(C)(C)CC2. The predicted octanol–water partition coefficient (Wildman–Crippen LogP) is 5.47. The molecule has 4 aromatic rings. The van der Waals surface area contributed by atoms with Crippen molar-refractivity contribution in [3.63, 3.8) is 0 Å². The molecule has 0 saturated carbocycles. The van der Waals surface area contributed by atoms with E-state index >= 15 is 0 Å². The van der Waals surface area contributed by atoms with E-state index in [9.17, 15) is 18.0 Å². The summed E-state index contributed by atoms with van der Waals surface area (Å²) in [6, 6.07) is 25.4. The van der Waals surface area contributed by atoms with Gasteiger partial charge in [0, 0.05) is 19.6 Å². The average Bonchev–Trinajstić information content (AvgIpc) is 3.13. The van der Waals surface area contributed by atoms with E-state index in [1.54, 1.807) is 13.8 Å². The fourth-order valence-electron chi connectivity index (χ4n) is 7.19. The molecule has 0 spiro atoms. The zero-order valence-corrected chi connectivity index (χ0v) is 32.6. The van der Waals surface area contributed by atoms with Crippen molar-refractivity contribution in [2.45, 2.75) is 95.8 Å². The molecule has 12 heteroatoms. The average molecular weight is 753 g/mol. The van der Waals surface area contributed by atoms with Crippen molar-refractivity contribution in [3.05, 3.63) is 129 Å². The smallest absolute Gasteiger partial charge is 0.264 e. The number of ether oxygens (including phenoxy) is 1. The number of sulfonamides is 1. The number of guanidine groups is 1. The van der Waals surface area contributed by atoms with Gasteiger partial charge in [0.25, 0.3) is 10.0 Å². The van der Waals surface area contributed by atoms with E-state index < -0.39 is 33.8 Å². The standard InChI is InChI=1S/C42H52N6O5S/c1-27-28(2)38(29(3)34-22-23-42(4,5)53-37(27)34)54(51,52)47-41(45)46-24-12-17-35(39(44)49)48(26-31-20-18-30(25-43)19-21-31)40(50)36(32-13-8-6-9-14-32)33-15-10-7-11-16-33/h6-11,13-16,18-21,35-36H,12,17,22-26,43H2,1-5H3,(H2,44,49)(H3,45,46,47)/t35-/m1/s1. The normalized spacial score (nSPS) is 14.1. The Morgan fingerprint density at radius 1 is 0.889 bits per heavy atom. The third-order valence-electron chi connectivity index (χ3n) is 10.2. The molecule has 11 nitrogen and oxygen atoms in total. The highest BCUT2D eigenvalue weighted by atomic mass is 32.2. The van der Waals surface area contributed by atoms with E-state index in [1.807, 2.05) is 106 Å². The molecule has 1 heterocycles. The molecule has 0 aliphatic carbocycles. The van der Waals surface area contributed by atoms with E-state index in [0.717, 1.165) is 45.6 Å². The van der Waals surface area contributed by atoms with E-state index in [1.165, 1.54) is 4.90 Å². The van der Waals surface area contributed by atoms with Gasteiger partial charge in [0.1, 0.15) is 17.4 Å². The van der Waals surface area contributed by atoms with Crippen LogP contribution < -0.4 is 26.2 Å². The highest BCUT2D eigenvalue weighted by Crippen LogP contribution is 2.42. The second kappa shape index (κ2) is 16.9. The molecule has 0 aromatic heterocycles. The van der Waals surface area contributed by atoms with Gasteiger partial charge in [0.2, 0.25) is 17.8 Å². The van der Waals surface area contributed by atoms with Gasteiger partial charge in [-0.3, -0.25) is 15.0 Å². The van der Waals surface area contributed by atoms with Crippen molar-refractivity contribution in [1.82, 2.24) is 14.9 Å². The van der Waals surface area contributed by atoms with Gasteiger partial charge in [-0.15, -0.1) is 0 Å². The molecular formula is C42H52N6O5S. The number of nitrogens with two attached hydrogens (primary N) is 2. The zero-order valence-electron chi connectivity index (χ0n) is 31.7. The number of benzene rings is 4. The lowest BCUT2D eigenvalue weighted by molar-refractivity contribution is -0.141. The first-order chi connectivity index (χ1) is 25.6. The molecule has 5 rings (SSSR count). The first kappa shape index (κ1) is 40.0. The number of primary amides is 1. The number of carbonyl (C=O) groups excluding carboxylic acids is 2. The fraction of sp³-hybridized carbons (Fsp3) is 0.357. The van der Waals surface area contributed by atoms with Crippen LogP contribution in [0.2, 0.25) is 0 Å². The van der Waals surface area contributed by atoms with Crippen LogP contribution in [-0.2, 0) is 39.1 Å². The first-order valence-corrected chi connectivity index (χ1v) is 19.8. The van der Waals surface area contributed by atoms with Crippen molar-refractivity contribution in [1.29, 1.82) is 5.41 Å². The van der Waals surface area contributed by atoms with Crippen LogP contribution in [0.15, 0.2) is 89.8 Å². The summed E-state index contributed by atoms with van der Waals surface area (Å²) >= 11 is 0. The Morgan fingerprint density at radius 3 is 2.02 bits per heavy atom. The second-order valence-electron chi connectivity index (χ2n) is 14.6. The third-order valence-corrected chi connectivity index (χ3v) is 11.9. The van der Waals surface area contributed by atoms with Crippen LogP contribution in [0.4, 0.5) is 0 Å². The highest BCUT2D eigenvalue weighted by molar-refractivity contribution is 7.90. The van der Waals surface area contributed by atoms with Crippen LogP contribution in [0, 0.1) is 26.2 Å². The fourth-order valence-corrected chi connectivity index (χ4v) is 8.71. The highest BCUT2D eigenvalue weighted by Gasteiger charge is 2.36. The predicted molar refractivity (Wildman–Crippen MR) is 212 cm³/mol. The van der Waals surface area contributed by atoms with Gasteiger partial charge >= 0.3 is 0 Å². The number of nitrogens with one attached hydrogen (secondary N) is 3. The van der Waals surface area contributed by atoms with E-state index in [-0.39, 0.29) is 35.9 Å². The molecule has 1 atom stereocenters. The maximum atomic E-state index is 14.7. The lowest BCUT2D eigenvalue weighted by atomic mass is 9.88. The van der Waals surface area contributed by atoms with Crippen molar-refractivity contribution >= 4 is 27.8 Å². The maximum absolute atomic E-state index is 14.7. The van der Waals surface area contributed by atoms with Gasteiger partial charge in [-0.2, -0.15) is 0 Å². The number of hydrogen-bond acceptors (Lipinski definition) is 7. The Balaban J connectivity index is 1.33. The molecule has 0 saturated heterocycles. The molecule has 7 N–H and O–H groups in total. The lowest BCUT2D eigenvalue weighted by Crippen LogP contribution is -2.49. The second-order valence-corrected chi connectivity index (χ2v) is 16.2. The van der Waals surface area contributed by atoms with E-state index in [0.29, 0.717) is 30.5 Å². The minimum atomic E-state index is -4.13. The number of hydrogen-bond donors (Lipinski definition) is 5. The van der Waals surface area contributed by atoms with Crippen LogP contribution in [0.1, 0.15) is 83.5 Å².